The van der Waals surface area contributed by atoms with Crippen molar-refractivity contribution in [1.82, 2.24) is 4.98 Å². The summed E-state index contributed by atoms with van der Waals surface area (Å²) in [6.45, 7) is 4.35. The molecule has 5 heteroatoms. The van der Waals surface area contributed by atoms with Crippen LogP contribution < -0.4 is 5.32 Å². The van der Waals surface area contributed by atoms with E-state index in [1.165, 1.54) is 23.8 Å². The van der Waals surface area contributed by atoms with Gasteiger partial charge in [-0.15, -0.1) is 0 Å². The highest BCUT2D eigenvalue weighted by Gasteiger charge is 2.12. The molecule has 0 aliphatic rings. The zero-order valence-corrected chi connectivity index (χ0v) is 16.3. The second-order valence-corrected chi connectivity index (χ2v) is 7.10. The van der Waals surface area contributed by atoms with Gasteiger partial charge in [0.25, 0.3) is 5.91 Å². The lowest BCUT2D eigenvalue weighted by Gasteiger charge is -2.07. The third-order valence-corrected chi connectivity index (χ3v) is 5.05. The van der Waals surface area contributed by atoms with E-state index in [0.717, 1.165) is 23.1 Å². The van der Waals surface area contributed by atoms with Gasteiger partial charge in [-0.05, 0) is 66.4 Å². The van der Waals surface area contributed by atoms with Crippen LogP contribution in [0.4, 0.5) is 10.1 Å². The van der Waals surface area contributed by atoms with Crippen LogP contribution in [0.1, 0.15) is 42.1 Å². The van der Waals surface area contributed by atoms with Crippen molar-refractivity contribution in [3.63, 3.8) is 0 Å². The van der Waals surface area contributed by atoms with Crippen LogP contribution in [-0.2, 0) is 0 Å². The lowest BCUT2D eigenvalue weighted by atomic mass is 9.98. The van der Waals surface area contributed by atoms with Crippen molar-refractivity contribution >= 4 is 22.7 Å². The summed E-state index contributed by atoms with van der Waals surface area (Å²) >= 11 is 0. The number of anilines is 1. The summed E-state index contributed by atoms with van der Waals surface area (Å²) in [5.41, 5.74) is 4.36. The van der Waals surface area contributed by atoms with Gasteiger partial charge in [0.1, 0.15) is 11.3 Å². The van der Waals surface area contributed by atoms with Crippen LogP contribution in [0.2, 0.25) is 0 Å². The fourth-order valence-electron chi connectivity index (χ4n) is 3.17. The second-order valence-electron chi connectivity index (χ2n) is 7.10. The molecule has 0 unspecified atom stereocenters. The average molecular weight is 388 g/mol. The molecular weight excluding hydrogens is 367 g/mol. The zero-order chi connectivity index (χ0) is 20.4. The lowest BCUT2D eigenvalue weighted by Crippen LogP contribution is -2.12. The minimum Gasteiger partial charge on any atom is -0.436 e. The van der Waals surface area contributed by atoms with Crippen LogP contribution >= 0.6 is 0 Å². The minimum absolute atomic E-state index is 0.259. The molecule has 0 saturated carbocycles. The molecule has 0 aliphatic carbocycles. The van der Waals surface area contributed by atoms with Crippen molar-refractivity contribution in [3.8, 4) is 11.5 Å². The van der Waals surface area contributed by atoms with E-state index in [4.69, 9.17) is 4.42 Å². The van der Waals surface area contributed by atoms with E-state index in [9.17, 15) is 9.18 Å². The Balaban J connectivity index is 1.60. The van der Waals surface area contributed by atoms with Crippen molar-refractivity contribution in [3.05, 3.63) is 83.7 Å². The number of nitrogens with zero attached hydrogens (tertiary/aromatic N) is 1. The Kier molecular flexibility index (Phi) is 5.12. The summed E-state index contributed by atoms with van der Waals surface area (Å²) in [5.74, 6) is 0.121. The molecule has 4 aromatic rings. The molecule has 4 nitrogen and oxygen atoms in total. The molecule has 1 heterocycles. The minimum atomic E-state index is -0.449. The fraction of sp³-hybridized carbons (Fsp3) is 0.167. The molecular formula is C24H21FN2O2. The number of hydrogen-bond donors (Lipinski definition) is 1. The van der Waals surface area contributed by atoms with E-state index >= 15 is 0 Å². The third kappa shape index (κ3) is 4.04. The zero-order valence-electron chi connectivity index (χ0n) is 16.3. The van der Waals surface area contributed by atoms with Crippen LogP contribution in [0.25, 0.3) is 22.6 Å². The van der Waals surface area contributed by atoms with Gasteiger partial charge in [0.05, 0.1) is 0 Å². The summed E-state index contributed by atoms with van der Waals surface area (Å²) in [6.07, 6.45) is 1.06. The van der Waals surface area contributed by atoms with Crippen LogP contribution in [0.3, 0.4) is 0 Å². The van der Waals surface area contributed by atoms with Gasteiger partial charge in [-0.25, -0.2) is 9.37 Å². The molecule has 1 N–H and O–H groups in total. The van der Waals surface area contributed by atoms with Crippen molar-refractivity contribution < 1.29 is 13.6 Å². The maximum atomic E-state index is 13.4. The SMILES string of the molecule is CC[C@H](C)c1ccc2oc(-c3cccc(NC(=O)c4cccc(F)c4)c3)nc2c1. The first-order valence-electron chi connectivity index (χ1n) is 9.61. The van der Waals surface area contributed by atoms with Crippen molar-refractivity contribution in [1.29, 1.82) is 0 Å². The Morgan fingerprint density at radius 2 is 1.93 bits per heavy atom. The molecule has 3 aromatic carbocycles. The highest BCUT2D eigenvalue weighted by atomic mass is 19.1. The molecule has 0 fully saturated rings. The van der Waals surface area contributed by atoms with Crippen LogP contribution in [0.5, 0.6) is 0 Å². The Bertz CT molecular complexity index is 1180. The van der Waals surface area contributed by atoms with Crippen molar-refractivity contribution in [2.45, 2.75) is 26.2 Å². The molecule has 29 heavy (non-hydrogen) atoms. The maximum absolute atomic E-state index is 13.4. The van der Waals surface area contributed by atoms with Crippen molar-refractivity contribution in [2.24, 2.45) is 0 Å². The number of rotatable bonds is 5. The summed E-state index contributed by atoms with van der Waals surface area (Å²) in [7, 11) is 0. The van der Waals surface area contributed by atoms with E-state index < -0.39 is 5.82 Å². The van der Waals surface area contributed by atoms with Gasteiger partial charge < -0.3 is 9.73 Å². The van der Waals surface area contributed by atoms with Crippen LogP contribution in [-0.4, -0.2) is 10.9 Å². The van der Waals surface area contributed by atoms with E-state index in [0.29, 0.717) is 17.5 Å². The lowest BCUT2D eigenvalue weighted by molar-refractivity contribution is 0.102. The van der Waals surface area contributed by atoms with Gasteiger partial charge in [-0.2, -0.15) is 0 Å². The van der Waals surface area contributed by atoms with Crippen molar-refractivity contribution in [2.75, 3.05) is 5.32 Å². The number of aromatic nitrogens is 1. The van der Waals surface area contributed by atoms with E-state index in [2.05, 4.69) is 36.3 Å². The molecule has 0 aliphatic heterocycles. The molecule has 1 atom stereocenters. The molecule has 0 bridgehead atoms. The first kappa shape index (κ1) is 18.9. The van der Waals surface area contributed by atoms with E-state index in [-0.39, 0.29) is 11.5 Å². The van der Waals surface area contributed by atoms with Crippen LogP contribution in [0, 0.1) is 5.82 Å². The van der Waals surface area contributed by atoms with Gasteiger partial charge in [-0.1, -0.05) is 32.0 Å². The maximum Gasteiger partial charge on any atom is 0.255 e. The number of carbonyl (C=O) groups excluding carboxylic acids is 1. The Morgan fingerprint density at radius 3 is 2.72 bits per heavy atom. The summed E-state index contributed by atoms with van der Waals surface area (Å²) in [5, 5.41) is 2.79. The van der Waals surface area contributed by atoms with Gasteiger partial charge in [-0.3, -0.25) is 4.79 Å². The fourth-order valence-corrected chi connectivity index (χ4v) is 3.17. The van der Waals surface area contributed by atoms with E-state index in [1.807, 2.05) is 18.2 Å². The number of hydrogen-bond acceptors (Lipinski definition) is 3. The monoisotopic (exact) mass is 388 g/mol. The second kappa shape index (κ2) is 7.87. The number of benzene rings is 3. The largest absolute Gasteiger partial charge is 0.436 e. The number of amides is 1. The molecule has 0 radical (unpaired) electrons. The molecule has 1 amide bonds. The molecule has 4 rings (SSSR count). The Labute approximate surface area is 168 Å². The number of nitrogens with one attached hydrogen (secondary N) is 1. The predicted octanol–water partition coefficient (Wildman–Crippen LogP) is 6.40. The van der Waals surface area contributed by atoms with Gasteiger partial charge in [0.2, 0.25) is 5.89 Å². The average Bonchev–Trinajstić information content (AvgIpc) is 3.17. The summed E-state index contributed by atoms with van der Waals surface area (Å²) in [6, 6.07) is 18.9. The standard InChI is InChI=1S/C24H21FN2O2/c1-3-15(2)16-10-11-22-21(14-16)27-24(29-22)18-7-5-9-20(13-18)26-23(28)17-6-4-8-19(25)12-17/h4-15H,3H2,1-2H3,(H,26,28)/t15-/m0/s1. The van der Waals surface area contributed by atoms with Gasteiger partial charge >= 0.3 is 0 Å². The molecule has 0 spiro atoms. The number of carbonyl (C=O) groups is 1. The van der Waals surface area contributed by atoms with E-state index in [1.54, 1.807) is 18.2 Å². The number of fused-ring (bicyclic) bond motifs is 1. The molecule has 0 saturated heterocycles. The smallest absolute Gasteiger partial charge is 0.255 e. The first-order valence-corrected chi connectivity index (χ1v) is 9.61. The molecule has 146 valence electrons. The quantitative estimate of drug-likeness (QED) is 0.430. The van der Waals surface area contributed by atoms with Gasteiger partial charge in [0, 0.05) is 16.8 Å². The highest BCUT2D eigenvalue weighted by Crippen LogP contribution is 2.29. The normalized spacial score (nSPS) is 12.1. The Hall–Kier alpha value is -3.47. The van der Waals surface area contributed by atoms with Crippen LogP contribution in [0.15, 0.2) is 71.1 Å². The predicted molar refractivity (Wildman–Crippen MR) is 113 cm³/mol. The summed E-state index contributed by atoms with van der Waals surface area (Å²) < 4.78 is 19.3. The summed E-state index contributed by atoms with van der Waals surface area (Å²) in [4.78, 5) is 17.0. The molecule has 1 aromatic heterocycles. The number of halogens is 1. The van der Waals surface area contributed by atoms with Gasteiger partial charge in [0.15, 0.2) is 5.58 Å². The first-order chi connectivity index (χ1) is 14.0. The third-order valence-electron chi connectivity index (χ3n) is 5.05. The topological polar surface area (TPSA) is 55.1 Å². The highest BCUT2D eigenvalue weighted by molar-refractivity contribution is 6.04. The number of oxazole rings is 1. The Morgan fingerprint density at radius 1 is 1.10 bits per heavy atom.